The Labute approximate surface area is 179 Å². The summed E-state index contributed by atoms with van der Waals surface area (Å²) in [7, 11) is 1.45. The third-order valence-electron chi connectivity index (χ3n) is 4.81. The van der Waals surface area contributed by atoms with Gasteiger partial charge >= 0.3 is 0 Å². The van der Waals surface area contributed by atoms with E-state index >= 15 is 0 Å². The summed E-state index contributed by atoms with van der Waals surface area (Å²) in [5, 5.41) is 4.53. The molecule has 3 rings (SSSR count). The quantitative estimate of drug-likeness (QED) is 0.205. The third-order valence-corrected chi connectivity index (χ3v) is 4.81. The number of hydrogen-bond acceptors (Lipinski definition) is 4. The normalized spacial score (nSPS) is 10.7. The van der Waals surface area contributed by atoms with E-state index in [1.54, 1.807) is 0 Å². The predicted molar refractivity (Wildman–Crippen MR) is 106 cm³/mol. The number of nitrogens with zero attached hydrogens (tertiary/aromatic N) is 2. The van der Waals surface area contributed by atoms with Crippen molar-refractivity contribution in [1.29, 1.82) is 0 Å². The maximum Gasteiger partial charge on any atom is 0.298 e. The van der Waals surface area contributed by atoms with Gasteiger partial charge in [0.05, 0.1) is 23.1 Å². The van der Waals surface area contributed by atoms with Gasteiger partial charge in [-0.05, 0) is 31.5 Å². The fraction of sp³-hybridized carbons (Fsp3) is 0.143. The summed E-state index contributed by atoms with van der Waals surface area (Å²) >= 11 is 0. The van der Waals surface area contributed by atoms with Crippen molar-refractivity contribution in [2.24, 2.45) is 7.05 Å². The minimum absolute atomic E-state index is 0.00256. The lowest BCUT2D eigenvalue weighted by molar-refractivity contribution is -0.112. The lowest BCUT2D eigenvalue weighted by atomic mass is 10.1. The summed E-state index contributed by atoms with van der Waals surface area (Å²) in [5.74, 6) is -8.24. The molecule has 0 radical (unpaired) electrons. The molecule has 2 aromatic heterocycles. The summed E-state index contributed by atoms with van der Waals surface area (Å²) < 4.78 is 54.2. The summed E-state index contributed by atoms with van der Waals surface area (Å²) in [6, 6.07) is 3.44. The van der Waals surface area contributed by atoms with Crippen LogP contribution >= 0.6 is 0 Å². The standard InChI is InChI=1S/C21H16F4N4O3/c1-9-16(20(31)28-12-6-13(22)17(25)14(23)7-12)10(2)29(3)18(9)19(30)21(32)27-11-4-5-15(24)26-8-11/h4-8H,1-3H3,(H,27,32)(H,28,31). The number of Topliss-reactive ketones (excluding diaryl/α,β-unsaturated/α-hetero) is 1. The van der Waals surface area contributed by atoms with Crippen molar-refractivity contribution in [3.8, 4) is 0 Å². The SMILES string of the molecule is Cc1c(C(=O)Nc2cc(F)c(F)c(F)c2)c(C)n(C)c1C(=O)C(=O)Nc1ccc(F)nc1. The van der Waals surface area contributed by atoms with E-state index in [9.17, 15) is 31.9 Å². The zero-order valence-corrected chi connectivity index (χ0v) is 17.0. The number of ketones is 1. The first kappa shape index (κ1) is 22.7. The molecule has 0 saturated carbocycles. The molecule has 1 aromatic carbocycles. The monoisotopic (exact) mass is 448 g/mol. The van der Waals surface area contributed by atoms with Crippen LogP contribution in [0.3, 0.4) is 0 Å². The Morgan fingerprint density at radius 3 is 2.12 bits per heavy atom. The highest BCUT2D eigenvalue weighted by Crippen LogP contribution is 2.24. The van der Waals surface area contributed by atoms with Crippen LogP contribution in [0.2, 0.25) is 0 Å². The molecule has 2 heterocycles. The van der Waals surface area contributed by atoms with Crippen LogP contribution in [0, 0.1) is 37.2 Å². The minimum Gasteiger partial charge on any atom is -0.344 e. The Morgan fingerprint density at radius 2 is 1.56 bits per heavy atom. The Kier molecular flexibility index (Phi) is 6.10. The van der Waals surface area contributed by atoms with Crippen LogP contribution in [-0.4, -0.2) is 27.1 Å². The number of halogens is 4. The Morgan fingerprint density at radius 1 is 0.938 bits per heavy atom. The molecule has 32 heavy (non-hydrogen) atoms. The highest BCUT2D eigenvalue weighted by molar-refractivity contribution is 6.46. The van der Waals surface area contributed by atoms with Crippen molar-refractivity contribution < 1.29 is 31.9 Å². The van der Waals surface area contributed by atoms with Gasteiger partial charge in [0.1, 0.15) is 0 Å². The predicted octanol–water partition coefficient (Wildman–Crippen LogP) is 3.67. The van der Waals surface area contributed by atoms with Crippen LogP contribution in [0.5, 0.6) is 0 Å². The molecule has 0 atom stereocenters. The van der Waals surface area contributed by atoms with Crippen LogP contribution in [0.15, 0.2) is 30.5 Å². The van der Waals surface area contributed by atoms with E-state index in [1.807, 2.05) is 0 Å². The molecule has 2 amide bonds. The average Bonchev–Trinajstić information content (AvgIpc) is 2.95. The first-order chi connectivity index (χ1) is 15.0. The molecule has 0 aliphatic heterocycles. The molecule has 0 fully saturated rings. The molecular formula is C21H16F4N4O3. The lowest BCUT2D eigenvalue weighted by Crippen LogP contribution is -2.25. The van der Waals surface area contributed by atoms with Crippen LogP contribution in [-0.2, 0) is 11.8 Å². The molecule has 166 valence electrons. The Bertz CT molecular complexity index is 1230. The molecule has 0 aliphatic carbocycles. The average molecular weight is 448 g/mol. The van der Waals surface area contributed by atoms with Gasteiger partial charge in [0.2, 0.25) is 5.95 Å². The third kappa shape index (κ3) is 4.22. The van der Waals surface area contributed by atoms with Gasteiger partial charge in [-0.25, -0.2) is 18.2 Å². The van der Waals surface area contributed by atoms with E-state index in [4.69, 9.17) is 0 Å². The second-order valence-corrected chi connectivity index (χ2v) is 6.85. The van der Waals surface area contributed by atoms with E-state index in [-0.39, 0.29) is 28.2 Å². The van der Waals surface area contributed by atoms with E-state index in [0.717, 1.165) is 12.3 Å². The van der Waals surface area contributed by atoms with Crippen molar-refractivity contribution in [1.82, 2.24) is 9.55 Å². The molecule has 0 saturated heterocycles. The number of aromatic nitrogens is 2. The largest absolute Gasteiger partial charge is 0.344 e. The summed E-state index contributed by atoms with van der Waals surface area (Å²) in [6.07, 6.45) is 1.03. The van der Waals surface area contributed by atoms with E-state index < -0.39 is 41.0 Å². The van der Waals surface area contributed by atoms with Crippen molar-refractivity contribution >= 4 is 29.0 Å². The molecule has 7 nitrogen and oxygen atoms in total. The fourth-order valence-corrected chi connectivity index (χ4v) is 3.20. The summed E-state index contributed by atoms with van der Waals surface area (Å²) in [5.41, 5.74) is 0.0923. The smallest absolute Gasteiger partial charge is 0.298 e. The van der Waals surface area contributed by atoms with Crippen LogP contribution in [0.4, 0.5) is 28.9 Å². The number of carbonyl (C=O) groups excluding carboxylic acids is 3. The Hall–Kier alpha value is -4.02. The maximum absolute atomic E-state index is 13.4. The second-order valence-electron chi connectivity index (χ2n) is 6.85. The van der Waals surface area contributed by atoms with Crippen molar-refractivity contribution in [2.75, 3.05) is 10.6 Å². The van der Waals surface area contributed by atoms with Crippen molar-refractivity contribution in [2.45, 2.75) is 13.8 Å². The molecule has 0 unspecified atom stereocenters. The van der Waals surface area contributed by atoms with E-state index in [1.165, 1.54) is 31.5 Å². The summed E-state index contributed by atoms with van der Waals surface area (Å²) in [4.78, 5) is 41.2. The lowest BCUT2D eigenvalue weighted by Gasteiger charge is -2.07. The first-order valence-corrected chi connectivity index (χ1v) is 9.10. The van der Waals surface area contributed by atoms with Gasteiger partial charge in [0.15, 0.2) is 17.5 Å². The molecule has 0 spiro atoms. The fourth-order valence-electron chi connectivity index (χ4n) is 3.20. The van der Waals surface area contributed by atoms with E-state index in [2.05, 4.69) is 15.6 Å². The molecular weight excluding hydrogens is 432 g/mol. The number of hydrogen-bond donors (Lipinski definition) is 2. The number of amides is 2. The molecule has 2 N–H and O–H groups in total. The number of carbonyl (C=O) groups is 3. The highest BCUT2D eigenvalue weighted by atomic mass is 19.2. The van der Waals surface area contributed by atoms with Gasteiger partial charge in [0, 0.05) is 30.6 Å². The van der Waals surface area contributed by atoms with Crippen LogP contribution < -0.4 is 10.6 Å². The molecule has 0 bridgehead atoms. The molecule has 11 heteroatoms. The van der Waals surface area contributed by atoms with Gasteiger partial charge in [-0.1, -0.05) is 0 Å². The van der Waals surface area contributed by atoms with E-state index in [0.29, 0.717) is 17.8 Å². The molecule has 3 aromatic rings. The number of pyridine rings is 1. The van der Waals surface area contributed by atoms with Gasteiger partial charge in [-0.15, -0.1) is 0 Å². The molecule has 0 aliphatic rings. The highest BCUT2D eigenvalue weighted by Gasteiger charge is 2.29. The number of nitrogens with one attached hydrogen (secondary N) is 2. The number of benzene rings is 1. The zero-order valence-electron chi connectivity index (χ0n) is 17.0. The zero-order chi connectivity index (χ0) is 23.7. The second kappa shape index (κ2) is 8.61. The summed E-state index contributed by atoms with van der Waals surface area (Å²) in [6.45, 7) is 2.93. The van der Waals surface area contributed by atoms with Crippen LogP contribution in [0.1, 0.15) is 32.1 Å². The first-order valence-electron chi connectivity index (χ1n) is 9.10. The van der Waals surface area contributed by atoms with Gasteiger partial charge in [0.25, 0.3) is 17.6 Å². The van der Waals surface area contributed by atoms with Gasteiger partial charge < -0.3 is 15.2 Å². The van der Waals surface area contributed by atoms with Gasteiger partial charge in [-0.2, -0.15) is 4.39 Å². The maximum atomic E-state index is 13.4. The number of rotatable bonds is 5. The minimum atomic E-state index is -1.68. The van der Waals surface area contributed by atoms with Crippen LogP contribution in [0.25, 0.3) is 0 Å². The van der Waals surface area contributed by atoms with Crippen molar-refractivity contribution in [3.63, 3.8) is 0 Å². The topological polar surface area (TPSA) is 93.1 Å². The van der Waals surface area contributed by atoms with Gasteiger partial charge in [-0.3, -0.25) is 14.4 Å². The number of anilines is 2. The van der Waals surface area contributed by atoms with Crippen molar-refractivity contribution in [3.05, 3.63) is 76.4 Å². The Balaban J connectivity index is 1.89.